The van der Waals surface area contributed by atoms with Gasteiger partial charge in [-0.15, -0.1) is 0 Å². The highest BCUT2D eigenvalue weighted by atomic mass is 19.1. The van der Waals surface area contributed by atoms with Crippen LogP contribution in [0.3, 0.4) is 0 Å². The molecule has 0 saturated carbocycles. The fourth-order valence-electron chi connectivity index (χ4n) is 0.975. The van der Waals surface area contributed by atoms with Crippen LogP contribution in [0.2, 0.25) is 0 Å². The number of nitrogens with zero attached hydrogens (tertiary/aromatic N) is 1. The number of carbonyl (C=O) groups is 1. The molecule has 0 aliphatic heterocycles. The van der Waals surface area contributed by atoms with Gasteiger partial charge in [-0.25, -0.2) is 14.2 Å². The lowest BCUT2D eigenvalue weighted by Crippen LogP contribution is -2.08. The van der Waals surface area contributed by atoms with Crippen LogP contribution >= 0.6 is 0 Å². The molecule has 1 aromatic carbocycles. The molecule has 0 bridgehead atoms. The number of hydrogen-bond donors (Lipinski definition) is 0. The fraction of sp³-hybridized carbons (Fsp3) is 0. The second-order valence-electron chi connectivity index (χ2n) is 2.72. The van der Waals surface area contributed by atoms with Crippen molar-refractivity contribution in [3.63, 3.8) is 0 Å². The van der Waals surface area contributed by atoms with Crippen molar-refractivity contribution in [3.8, 4) is 5.75 Å². The van der Waals surface area contributed by atoms with Gasteiger partial charge < -0.3 is 9.15 Å². The molecular formula is C10H6FNO3. The predicted octanol–water partition coefficient (Wildman–Crippen LogP) is 2.03. The number of rotatable bonds is 2. The molecule has 0 fully saturated rings. The van der Waals surface area contributed by atoms with E-state index in [1.807, 2.05) is 0 Å². The Morgan fingerprint density at radius 3 is 2.67 bits per heavy atom. The third kappa shape index (κ3) is 2.19. The van der Waals surface area contributed by atoms with Crippen molar-refractivity contribution in [2.45, 2.75) is 0 Å². The minimum atomic E-state index is -0.643. The maximum atomic E-state index is 12.5. The SMILES string of the molecule is O=C(Oc1ccc(F)cc1)c1cocn1. The maximum absolute atomic E-state index is 12.5. The monoisotopic (exact) mass is 207 g/mol. The normalized spacial score (nSPS) is 9.93. The molecule has 1 aromatic heterocycles. The van der Waals surface area contributed by atoms with E-state index in [4.69, 9.17) is 4.74 Å². The highest BCUT2D eigenvalue weighted by molar-refractivity contribution is 5.88. The summed E-state index contributed by atoms with van der Waals surface area (Å²) in [5.74, 6) is -0.781. The second kappa shape index (κ2) is 3.91. The standard InChI is InChI=1S/C10H6FNO3/c11-7-1-3-8(4-2-7)15-10(13)9-5-14-6-12-9/h1-6H. The topological polar surface area (TPSA) is 52.3 Å². The van der Waals surface area contributed by atoms with E-state index < -0.39 is 11.8 Å². The Hall–Kier alpha value is -2.17. The summed E-state index contributed by atoms with van der Waals surface area (Å²) in [6, 6.07) is 5.11. The van der Waals surface area contributed by atoms with E-state index in [0.717, 1.165) is 6.39 Å². The van der Waals surface area contributed by atoms with E-state index in [2.05, 4.69) is 9.40 Å². The minimum absolute atomic E-state index is 0.0688. The van der Waals surface area contributed by atoms with Crippen LogP contribution < -0.4 is 4.74 Å². The first-order valence-electron chi connectivity index (χ1n) is 4.11. The summed E-state index contributed by atoms with van der Waals surface area (Å²) in [6.07, 6.45) is 2.30. The Balaban J connectivity index is 2.09. The summed E-state index contributed by atoms with van der Waals surface area (Å²) in [6.45, 7) is 0. The molecule has 2 rings (SSSR count). The molecule has 0 unspecified atom stereocenters. The number of hydrogen-bond acceptors (Lipinski definition) is 4. The molecule has 0 aliphatic rings. The third-order valence-electron chi connectivity index (χ3n) is 1.67. The smallest absolute Gasteiger partial charge is 0.365 e. The quantitative estimate of drug-likeness (QED) is 0.558. The first kappa shape index (κ1) is 9.39. The average Bonchev–Trinajstić information content (AvgIpc) is 2.74. The van der Waals surface area contributed by atoms with Crippen molar-refractivity contribution in [2.24, 2.45) is 0 Å². The van der Waals surface area contributed by atoms with Crippen molar-refractivity contribution in [3.05, 3.63) is 48.4 Å². The van der Waals surface area contributed by atoms with Crippen LogP contribution in [0.5, 0.6) is 5.75 Å². The van der Waals surface area contributed by atoms with E-state index in [9.17, 15) is 9.18 Å². The van der Waals surface area contributed by atoms with Crippen molar-refractivity contribution >= 4 is 5.97 Å². The van der Waals surface area contributed by atoms with Gasteiger partial charge in [0.15, 0.2) is 12.1 Å². The predicted molar refractivity (Wildman–Crippen MR) is 47.9 cm³/mol. The first-order valence-corrected chi connectivity index (χ1v) is 4.11. The van der Waals surface area contributed by atoms with Crippen LogP contribution in [0.4, 0.5) is 4.39 Å². The summed E-state index contributed by atoms with van der Waals surface area (Å²) < 4.78 is 22.0. The molecule has 0 spiro atoms. The molecule has 5 heteroatoms. The highest BCUT2D eigenvalue weighted by Crippen LogP contribution is 2.12. The third-order valence-corrected chi connectivity index (χ3v) is 1.67. The zero-order valence-corrected chi connectivity index (χ0v) is 7.51. The van der Waals surface area contributed by atoms with Gasteiger partial charge in [0.2, 0.25) is 0 Å². The number of halogens is 1. The zero-order valence-electron chi connectivity index (χ0n) is 7.51. The van der Waals surface area contributed by atoms with Crippen LogP contribution in [0.15, 0.2) is 41.3 Å². The van der Waals surface area contributed by atoms with Gasteiger partial charge in [-0.3, -0.25) is 0 Å². The highest BCUT2D eigenvalue weighted by Gasteiger charge is 2.11. The van der Waals surface area contributed by atoms with Crippen LogP contribution in [0, 0.1) is 5.82 Å². The van der Waals surface area contributed by atoms with Crippen molar-refractivity contribution in [1.82, 2.24) is 4.98 Å². The fourth-order valence-corrected chi connectivity index (χ4v) is 0.975. The van der Waals surface area contributed by atoms with Crippen molar-refractivity contribution in [2.75, 3.05) is 0 Å². The van der Waals surface area contributed by atoms with Crippen LogP contribution in [0.1, 0.15) is 10.5 Å². The van der Waals surface area contributed by atoms with Gasteiger partial charge in [0, 0.05) is 0 Å². The second-order valence-corrected chi connectivity index (χ2v) is 2.72. The Morgan fingerprint density at radius 2 is 2.07 bits per heavy atom. The van der Waals surface area contributed by atoms with E-state index in [1.165, 1.54) is 30.5 Å². The number of carbonyl (C=O) groups excluding carboxylic acids is 1. The van der Waals surface area contributed by atoms with E-state index in [0.29, 0.717) is 0 Å². The van der Waals surface area contributed by atoms with E-state index >= 15 is 0 Å². The van der Waals surface area contributed by atoms with Crippen molar-refractivity contribution in [1.29, 1.82) is 0 Å². The Bertz CT molecular complexity index is 450. The lowest BCUT2D eigenvalue weighted by Gasteiger charge is -2.00. The molecule has 0 atom stereocenters. The van der Waals surface area contributed by atoms with Gasteiger partial charge in [0.1, 0.15) is 17.8 Å². The van der Waals surface area contributed by atoms with Crippen LogP contribution in [-0.4, -0.2) is 11.0 Å². The summed E-state index contributed by atoms with van der Waals surface area (Å²) in [7, 11) is 0. The molecule has 0 aliphatic carbocycles. The van der Waals surface area contributed by atoms with Gasteiger partial charge in [0.25, 0.3) is 0 Å². The Labute approximate surface area is 84.3 Å². The first-order chi connectivity index (χ1) is 7.25. The molecule has 0 amide bonds. The molecule has 76 valence electrons. The minimum Gasteiger partial charge on any atom is -0.451 e. The lowest BCUT2D eigenvalue weighted by molar-refractivity contribution is 0.0728. The zero-order chi connectivity index (χ0) is 10.7. The molecule has 0 radical (unpaired) electrons. The number of ether oxygens (including phenoxy) is 1. The van der Waals surface area contributed by atoms with Crippen molar-refractivity contribution < 1.29 is 18.3 Å². The average molecular weight is 207 g/mol. The van der Waals surface area contributed by atoms with Gasteiger partial charge in [0.05, 0.1) is 0 Å². The largest absolute Gasteiger partial charge is 0.451 e. The number of esters is 1. The molecule has 4 nitrogen and oxygen atoms in total. The molecular weight excluding hydrogens is 201 g/mol. The van der Waals surface area contributed by atoms with Gasteiger partial charge in [-0.2, -0.15) is 0 Å². The summed E-state index contributed by atoms with van der Waals surface area (Å²) in [4.78, 5) is 14.9. The van der Waals surface area contributed by atoms with Crippen LogP contribution in [0.25, 0.3) is 0 Å². The summed E-state index contributed by atoms with van der Waals surface area (Å²) >= 11 is 0. The molecule has 15 heavy (non-hydrogen) atoms. The Morgan fingerprint density at radius 1 is 1.33 bits per heavy atom. The molecule has 0 saturated heterocycles. The molecule has 2 aromatic rings. The molecule has 0 N–H and O–H groups in total. The summed E-state index contributed by atoms with van der Waals surface area (Å²) in [5, 5.41) is 0. The number of aromatic nitrogens is 1. The van der Waals surface area contributed by atoms with E-state index in [1.54, 1.807) is 0 Å². The Kier molecular flexibility index (Phi) is 2.45. The lowest BCUT2D eigenvalue weighted by atomic mass is 10.3. The van der Waals surface area contributed by atoms with Gasteiger partial charge in [-0.1, -0.05) is 0 Å². The van der Waals surface area contributed by atoms with Gasteiger partial charge >= 0.3 is 5.97 Å². The molecule has 1 heterocycles. The van der Waals surface area contributed by atoms with Gasteiger partial charge in [-0.05, 0) is 24.3 Å². The number of oxazole rings is 1. The maximum Gasteiger partial charge on any atom is 0.365 e. The van der Waals surface area contributed by atoms with Crippen LogP contribution in [-0.2, 0) is 0 Å². The summed E-state index contributed by atoms with van der Waals surface area (Å²) in [5.41, 5.74) is 0.0688. The van der Waals surface area contributed by atoms with E-state index in [-0.39, 0.29) is 11.4 Å². The number of benzene rings is 1.